The molecule has 0 aliphatic heterocycles. The van der Waals surface area contributed by atoms with Crippen molar-refractivity contribution in [3.05, 3.63) is 53.1 Å². The third-order valence-electron chi connectivity index (χ3n) is 3.81. The van der Waals surface area contributed by atoms with E-state index in [9.17, 15) is 21.2 Å². The number of benzene rings is 2. The van der Waals surface area contributed by atoms with Crippen molar-refractivity contribution in [2.24, 2.45) is 9.54 Å². The van der Waals surface area contributed by atoms with Gasteiger partial charge in [0.1, 0.15) is 5.82 Å². The number of hydrogen-bond acceptors (Lipinski definition) is 6. The van der Waals surface area contributed by atoms with Gasteiger partial charge in [-0.05, 0) is 42.5 Å². The smallest absolute Gasteiger partial charge is 0.285 e. The summed E-state index contributed by atoms with van der Waals surface area (Å²) < 4.78 is 72.5. The minimum Gasteiger partial charge on any atom is -0.383 e. The molecule has 0 atom stereocenters. The highest BCUT2D eigenvalue weighted by Gasteiger charge is 2.16. The lowest BCUT2D eigenvalue weighted by atomic mass is 10.3. The van der Waals surface area contributed by atoms with E-state index < -0.39 is 25.9 Å². The molecule has 0 aliphatic carbocycles. The van der Waals surface area contributed by atoms with Gasteiger partial charge in [0.15, 0.2) is 0 Å². The first-order valence-electron chi connectivity index (χ1n) is 7.83. The quantitative estimate of drug-likeness (QED) is 0.615. The van der Waals surface area contributed by atoms with Crippen molar-refractivity contribution in [3.8, 4) is 0 Å². The Morgan fingerprint density at radius 1 is 1.11 bits per heavy atom. The van der Waals surface area contributed by atoms with E-state index in [1.165, 1.54) is 25.3 Å². The SMILES string of the molecule is COCCn1c(=NS(=O)(=O)c2ccc(F)cc2)sc2cc(S(N)(=O)=O)ccc21. The van der Waals surface area contributed by atoms with Gasteiger partial charge in [-0.15, -0.1) is 4.40 Å². The van der Waals surface area contributed by atoms with Crippen LogP contribution in [0.5, 0.6) is 0 Å². The monoisotopic (exact) mass is 445 g/mol. The van der Waals surface area contributed by atoms with Gasteiger partial charge < -0.3 is 9.30 Å². The van der Waals surface area contributed by atoms with E-state index in [2.05, 4.69) is 4.40 Å². The fourth-order valence-corrected chi connectivity index (χ4v) is 5.37. The topological polar surface area (TPSA) is 121 Å². The highest BCUT2D eigenvalue weighted by atomic mass is 32.2. The second-order valence-corrected chi connectivity index (χ2v) is 9.90. The second-order valence-electron chi connectivity index (χ2n) is 5.72. The van der Waals surface area contributed by atoms with E-state index >= 15 is 0 Å². The van der Waals surface area contributed by atoms with Gasteiger partial charge in [0.2, 0.25) is 14.8 Å². The molecule has 2 aromatic carbocycles. The number of nitrogens with two attached hydrogens (primary N) is 1. The fourth-order valence-electron chi connectivity index (χ4n) is 2.46. The minimum atomic E-state index is -4.10. The summed E-state index contributed by atoms with van der Waals surface area (Å²) in [6.45, 7) is 0.579. The van der Waals surface area contributed by atoms with Crippen molar-refractivity contribution in [2.45, 2.75) is 16.3 Å². The predicted molar refractivity (Wildman–Crippen MR) is 102 cm³/mol. The summed E-state index contributed by atoms with van der Waals surface area (Å²) in [5.74, 6) is -0.563. The molecule has 0 fully saturated rings. The van der Waals surface area contributed by atoms with Gasteiger partial charge in [-0.1, -0.05) is 11.3 Å². The molecule has 12 heteroatoms. The van der Waals surface area contributed by atoms with Crippen LogP contribution in [0.3, 0.4) is 0 Å². The normalized spacial score (nSPS) is 13.3. The van der Waals surface area contributed by atoms with Crippen LogP contribution in [0, 0.1) is 5.82 Å². The second kappa shape index (κ2) is 7.72. The van der Waals surface area contributed by atoms with Crippen LogP contribution in [-0.2, 0) is 31.3 Å². The van der Waals surface area contributed by atoms with Crippen molar-refractivity contribution in [1.82, 2.24) is 4.57 Å². The van der Waals surface area contributed by atoms with Gasteiger partial charge >= 0.3 is 0 Å². The number of sulfonamides is 2. The van der Waals surface area contributed by atoms with E-state index in [4.69, 9.17) is 9.88 Å². The van der Waals surface area contributed by atoms with E-state index in [1.807, 2.05) is 0 Å². The van der Waals surface area contributed by atoms with Crippen molar-refractivity contribution in [2.75, 3.05) is 13.7 Å². The number of primary sulfonamides is 1. The van der Waals surface area contributed by atoms with Gasteiger partial charge in [0.25, 0.3) is 10.0 Å². The molecule has 0 bridgehead atoms. The number of ether oxygens (including phenoxy) is 1. The third kappa shape index (κ3) is 4.31. The number of aromatic nitrogens is 1. The van der Waals surface area contributed by atoms with Crippen LogP contribution in [0.15, 0.2) is 56.7 Å². The molecule has 150 valence electrons. The van der Waals surface area contributed by atoms with E-state index in [0.29, 0.717) is 16.8 Å². The van der Waals surface area contributed by atoms with Gasteiger partial charge in [-0.3, -0.25) is 0 Å². The zero-order chi connectivity index (χ0) is 20.5. The third-order valence-corrected chi connectivity index (χ3v) is 7.16. The molecule has 0 radical (unpaired) electrons. The minimum absolute atomic E-state index is 0.0897. The van der Waals surface area contributed by atoms with Crippen molar-refractivity contribution >= 4 is 41.6 Å². The van der Waals surface area contributed by atoms with E-state index in [0.717, 1.165) is 35.6 Å². The molecule has 0 aliphatic rings. The Balaban J connectivity index is 2.23. The maximum atomic E-state index is 13.1. The zero-order valence-electron chi connectivity index (χ0n) is 14.6. The average Bonchev–Trinajstić information content (AvgIpc) is 2.95. The molecule has 2 N–H and O–H groups in total. The van der Waals surface area contributed by atoms with E-state index in [-0.39, 0.29) is 21.2 Å². The number of fused-ring (bicyclic) bond motifs is 1. The first-order chi connectivity index (χ1) is 13.1. The molecule has 28 heavy (non-hydrogen) atoms. The van der Waals surface area contributed by atoms with Crippen molar-refractivity contribution in [3.63, 3.8) is 0 Å². The average molecular weight is 446 g/mol. The molecule has 0 spiro atoms. The van der Waals surface area contributed by atoms with Crippen LogP contribution < -0.4 is 9.94 Å². The molecule has 0 unspecified atom stereocenters. The maximum absolute atomic E-state index is 13.1. The standard InChI is InChI=1S/C16H16FN3O5S3/c1-25-9-8-20-14-7-6-13(27(18,21)22)10-15(14)26-16(20)19-28(23,24)12-4-2-11(17)3-5-12/h2-7,10H,8-9H2,1H3,(H2,18,21,22). The summed E-state index contributed by atoms with van der Waals surface area (Å²) in [6, 6.07) is 8.55. The molecular weight excluding hydrogens is 429 g/mol. The van der Waals surface area contributed by atoms with Crippen LogP contribution in [0.2, 0.25) is 0 Å². The number of nitrogens with zero attached hydrogens (tertiary/aromatic N) is 2. The summed E-state index contributed by atoms with van der Waals surface area (Å²) in [5, 5.41) is 5.16. The van der Waals surface area contributed by atoms with Crippen LogP contribution in [0.1, 0.15) is 0 Å². The first-order valence-corrected chi connectivity index (χ1v) is 11.6. The molecule has 3 aromatic rings. The fraction of sp³-hybridized carbons (Fsp3) is 0.188. The van der Waals surface area contributed by atoms with Crippen LogP contribution in [0.25, 0.3) is 10.2 Å². The number of hydrogen-bond donors (Lipinski definition) is 1. The Morgan fingerprint density at radius 3 is 2.36 bits per heavy atom. The number of halogens is 1. The molecule has 1 aromatic heterocycles. The maximum Gasteiger partial charge on any atom is 0.285 e. The largest absolute Gasteiger partial charge is 0.383 e. The summed E-state index contributed by atoms with van der Waals surface area (Å²) in [6.07, 6.45) is 0. The lowest BCUT2D eigenvalue weighted by Gasteiger charge is -2.05. The molecule has 3 rings (SSSR count). The van der Waals surface area contributed by atoms with Crippen molar-refractivity contribution < 1.29 is 26.0 Å². The van der Waals surface area contributed by atoms with Gasteiger partial charge in [-0.25, -0.2) is 17.9 Å². The Labute approximate surface area is 164 Å². The summed E-state index contributed by atoms with van der Waals surface area (Å²) in [4.78, 5) is -0.120. The zero-order valence-corrected chi connectivity index (χ0v) is 17.0. The summed E-state index contributed by atoms with van der Waals surface area (Å²) in [5.41, 5.74) is 0.586. The summed E-state index contributed by atoms with van der Waals surface area (Å²) >= 11 is 0.997. The van der Waals surface area contributed by atoms with Crippen LogP contribution in [0.4, 0.5) is 4.39 Å². The number of methoxy groups -OCH3 is 1. The Bertz CT molecular complexity index is 1290. The molecule has 0 saturated heterocycles. The van der Waals surface area contributed by atoms with Gasteiger partial charge in [-0.2, -0.15) is 8.42 Å². The highest BCUT2D eigenvalue weighted by Crippen LogP contribution is 2.22. The highest BCUT2D eigenvalue weighted by molar-refractivity contribution is 7.90. The predicted octanol–water partition coefficient (Wildman–Crippen LogP) is 1.43. The Hall–Kier alpha value is -2.12. The van der Waals surface area contributed by atoms with Crippen molar-refractivity contribution in [1.29, 1.82) is 0 Å². The first kappa shape index (κ1) is 20.6. The number of rotatable bonds is 6. The van der Waals surface area contributed by atoms with Gasteiger partial charge in [0, 0.05) is 13.7 Å². The molecular formula is C16H16FN3O5S3. The Morgan fingerprint density at radius 2 is 1.75 bits per heavy atom. The van der Waals surface area contributed by atoms with Gasteiger partial charge in [0.05, 0.1) is 26.6 Å². The molecule has 8 nitrogen and oxygen atoms in total. The lowest BCUT2D eigenvalue weighted by Crippen LogP contribution is -2.19. The van der Waals surface area contributed by atoms with E-state index in [1.54, 1.807) is 4.57 Å². The molecule has 0 amide bonds. The molecule has 0 saturated carbocycles. The Kier molecular flexibility index (Phi) is 5.68. The summed E-state index contributed by atoms with van der Waals surface area (Å²) in [7, 11) is -6.51. The number of thiazole rings is 1. The van der Waals surface area contributed by atoms with Crippen LogP contribution in [-0.4, -0.2) is 35.1 Å². The molecule has 1 heterocycles. The van der Waals surface area contributed by atoms with Crippen LogP contribution >= 0.6 is 11.3 Å². The lowest BCUT2D eigenvalue weighted by molar-refractivity contribution is 0.187.